The third-order valence-electron chi connectivity index (χ3n) is 5.35. The van der Waals surface area contributed by atoms with Crippen molar-refractivity contribution in [1.29, 1.82) is 0 Å². The third kappa shape index (κ3) is 4.87. The lowest BCUT2D eigenvalue weighted by Gasteiger charge is -2.38. The Hall–Kier alpha value is -3.73. The van der Waals surface area contributed by atoms with Gasteiger partial charge in [0.2, 0.25) is 0 Å². The van der Waals surface area contributed by atoms with Crippen LogP contribution in [0.25, 0.3) is 6.08 Å². The predicted octanol–water partition coefficient (Wildman–Crippen LogP) is 3.51. The number of carbonyl (C=O) groups is 2. The summed E-state index contributed by atoms with van der Waals surface area (Å²) in [6, 6.07) is 9.88. The molecule has 33 heavy (non-hydrogen) atoms. The summed E-state index contributed by atoms with van der Waals surface area (Å²) >= 11 is 0. The Morgan fingerprint density at radius 3 is 2.03 bits per heavy atom. The van der Waals surface area contributed by atoms with Crippen LogP contribution in [0, 0.1) is 10.1 Å². The lowest BCUT2D eigenvalue weighted by atomic mass is 9.93. The number of non-ortho nitro benzene ring substituents is 1. The number of nitro benzene ring substituents is 1. The molecule has 1 spiro atoms. The summed E-state index contributed by atoms with van der Waals surface area (Å²) in [5.74, 6) is -2.71. The predicted molar refractivity (Wildman–Crippen MR) is 113 cm³/mol. The van der Waals surface area contributed by atoms with Crippen LogP contribution < -0.4 is 4.18 Å². The highest BCUT2D eigenvalue weighted by Crippen LogP contribution is 2.37. The van der Waals surface area contributed by atoms with E-state index < -0.39 is 32.8 Å². The van der Waals surface area contributed by atoms with Gasteiger partial charge in [-0.05, 0) is 48.7 Å². The first-order valence-electron chi connectivity index (χ1n) is 10.1. The van der Waals surface area contributed by atoms with Gasteiger partial charge in [-0.2, -0.15) is 8.42 Å². The molecule has 1 saturated carbocycles. The van der Waals surface area contributed by atoms with E-state index in [0.29, 0.717) is 18.4 Å². The molecule has 2 aromatic carbocycles. The second-order valence-corrected chi connectivity index (χ2v) is 9.21. The lowest BCUT2D eigenvalue weighted by molar-refractivity contribution is -0.384. The largest absolute Gasteiger partial charge is 0.419 e. The number of nitrogens with zero attached hydrogens (tertiary/aromatic N) is 1. The maximum absolute atomic E-state index is 12.4. The summed E-state index contributed by atoms with van der Waals surface area (Å²) in [7, 11) is -4.22. The number of nitro groups is 1. The van der Waals surface area contributed by atoms with Crippen LogP contribution in [0.2, 0.25) is 0 Å². The number of rotatable bonds is 5. The van der Waals surface area contributed by atoms with Gasteiger partial charge in [-0.3, -0.25) is 10.1 Å². The van der Waals surface area contributed by atoms with Crippen molar-refractivity contribution in [3.63, 3.8) is 0 Å². The summed E-state index contributed by atoms with van der Waals surface area (Å²) in [5, 5.41) is 10.7. The zero-order chi connectivity index (χ0) is 23.6. The fraction of sp³-hybridized carbons (Fsp3) is 0.273. The van der Waals surface area contributed by atoms with Crippen LogP contribution in [0.1, 0.15) is 37.7 Å². The molecule has 0 atom stereocenters. The molecule has 2 fully saturated rings. The fourth-order valence-electron chi connectivity index (χ4n) is 3.66. The van der Waals surface area contributed by atoms with Gasteiger partial charge in [0.05, 0.1) is 4.92 Å². The van der Waals surface area contributed by atoms with Gasteiger partial charge in [0, 0.05) is 25.0 Å². The van der Waals surface area contributed by atoms with E-state index in [-0.39, 0.29) is 21.9 Å². The van der Waals surface area contributed by atoms with Crippen molar-refractivity contribution in [2.24, 2.45) is 0 Å². The Morgan fingerprint density at radius 1 is 0.909 bits per heavy atom. The molecule has 11 heteroatoms. The average molecular weight is 473 g/mol. The van der Waals surface area contributed by atoms with E-state index in [1.807, 2.05) is 0 Å². The second-order valence-electron chi connectivity index (χ2n) is 7.67. The molecule has 1 aliphatic heterocycles. The quantitative estimate of drug-likeness (QED) is 0.159. The van der Waals surface area contributed by atoms with Crippen molar-refractivity contribution in [2.75, 3.05) is 0 Å². The maximum Gasteiger partial charge on any atom is 0.348 e. The smallest absolute Gasteiger partial charge is 0.348 e. The normalized spacial score (nSPS) is 17.8. The van der Waals surface area contributed by atoms with E-state index in [1.54, 1.807) is 0 Å². The molecular formula is C22H19NO9S. The highest BCUT2D eigenvalue weighted by atomic mass is 32.2. The van der Waals surface area contributed by atoms with E-state index >= 15 is 0 Å². The average Bonchev–Trinajstić information content (AvgIpc) is 2.78. The SMILES string of the molecule is O=C1OC2(CCCCC2)OC(=O)C1=Cc1ccc(OS(=O)(=O)c2ccc([N+](=O)[O-])cc2)cc1. The summed E-state index contributed by atoms with van der Waals surface area (Å²) in [5.41, 5.74) is -0.0718. The molecule has 10 nitrogen and oxygen atoms in total. The van der Waals surface area contributed by atoms with Gasteiger partial charge in [-0.15, -0.1) is 0 Å². The highest BCUT2D eigenvalue weighted by Gasteiger charge is 2.46. The van der Waals surface area contributed by atoms with Crippen LogP contribution in [-0.2, 0) is 29.2 Å². The zero-order valence-corrected chi connectivity index (χ0v) is 18.1. The Morgan fingerprint density at radius 2 is 1.48 bits per heavy atom. The van der Waals surface area contributed by atoms with Gasteiger partial charge in [0.25, 0.3) is 11.5 Å². The maximum atomic E-state index is 12.4. The van der Waals surface area contributed by atoms with Gasteiger partial charge in [-0.25, -0.2) is 9.59 Å². The van der Waals surface area contributed by atoms with Crippen LogP contribution in [-0.4, -0.2) is 31.1 Å². The number of hydrogen-bond acceptors (Lipinski definition) is 9. The van der Waals surface area contributed by atoms with E-state index in [9.17, 15) is 28.1 Å². The lowest BCUT2D eigenvalue weighted by Crippen LogP contribution is -2.47. The number of esters is 2. The molecule has 0 radical (unpaired) electrons. The molecule has 1 saturated heterocycles. The van der Waals surface area contributed by atoms with Crippen molar-refractivity contribution >= 4 is 33.8 Å². The van der Waals surface area contributed by atoms with Gasteiger partial charge >= 0.3 is 22.1 Å². The molecule has 0 unspecified atom stereocenters. The topological polar surface area (TPSA) is 139 Å². The first kappa shape index (κ1) is 22.5. The summed E-state index contributed by atoms with van der Waals surface area (Å²) in [4.78, 5) is 34.7. The molecule has 0 amide bonds. The van der Waals surface area contributed by atoms with Crippen molar-refractivity contribution in [2.45, 2.75) is 42.8 Å². The molecule has 1 aliphatic carbocycles. The number of benzene rings is 2. The molecular weight excluding hydrogens is 454 g/mol. The van der Waals surface area contributed by atoms with Gasteiger partial charge in [0.15, 0.2) is 0 Å². The number of hydrogen-bond donors (Lipinski definition) is 0. The Bertz CT molecular complexity index is 1200. The van der Waals surface area contributed by atoms with Crippen LogP contribution >= 0.6 is 0 Å². The minimum absolute atomic E-state index is 0.0227. The van der Waals surface area contributed by atoms with Gasteiger partial charge in [0.1, 0.15) is 16.2 Å². The van der Waals surface area contributed by atoms with E-state index in [1.165, 1.54) is 30.3 Å². The van der Waals surface area contributed by atoms with Crippen molar-refractivity contribution < 1.29 is 36.6 Å². The standard InChI is InChI=1S/C22H19NO9S/c24-20-19(21(25)31-22(30-20)12-2-1-3-13-22)14-15-4-8-17(9-5-15)32-33(28,29)18-10-6-16(7-11-18)23(26)27/h4-11,14H,1-3,12-13H2. The monoisotopic (exact) mass is 473 g/mol. The Labute approximate surface area is 189 Å². The Kier molecular flexibility index (Phi) is 5.90. The Balaban J connectivity index is 1.47. The first-order valence-corrected chi connectivity index (χ1v) is 11.6. The molecule has 2 aliphatic rings. The third-order valence-corrected chi connectivity index (χ3v) is 6.61. The summed E-state index contributed by atoms with van der Waals surface area (Å²) < 4.78 is 40.7. The highest BCUT2D eigenvalue weighted by molar-refractivity contribution is 7.87. The van der Waals surface area contributed by atoms with Crippen molar-refractivity contribution in [3.05, 3.63) is 69.8 Å². The minimum Gasteiger partial charge on any atom is -0.419 e. The van der Waals surface area contributed by atoms with Crippen LogP contribution in [0.15, 0.2) is 59.0 Å². The summed E-state index contributed by atoms with van der Waals surface area (Å²) in [6.45, 7) is 0. The van der Waals surface area contributed by atoms with Crippen molar-refractivity contribution in [3.8, 4) is 5.75 Å². The van der Waals surface area contributed by atoms with E-state index in [4.69, 9.17) is 13.7 Å². The van der Waals surface area contributed by atoms with Crippen molar-refractivity contribution in [1.82, 2.24) is 0 Å². The number of ether oxygens (including phenoxy) is 2. The molecule has 0 N–H and O–H groups in total. The first-order chi connectivity index (χ1) is 15.7. The minimum atomic E-state index is -4.22. The van der Waals surface area contributed by atoms with E-state index in [2.05, 4.69) is 0 Å². The fourth-order valence-corrected chi connectivity index (χ4v) is 4.59. The van der Waals surface area contributed by atoms with Crippen LogP contribution in [0.4, 0.5) is 5.69 Å². The molecule has 172 valence electrons. The van der Waals surface area contributed by atoms with Gasteiger partial charge in [-0.1, -0.05) is 18.6 Å². The zero-order valence-electron chi connectivity index (χ0n) is 17.3. The van der Waals surface area contributed by atoms with E-state index in [0.717, 1.165) is 43.5 Å². The number of carbonyl (C=O) groups excluding carboxylic acids is 2. The van der Waals surface area contributed by atoms with Crippen LogP contribution in [0.3, 0.4) is 0 Å². The van der Waals surface area contributed by atoms with Gasteiger partial charge < -0.3 is 13.7 Å². The molecule has 4 rings (SSSR count). The van der Waals surface area contributed by atoms with Crippen LogP contribution in [0.5, 0.6) is 5.75 Å². The molecule has 2 aromatic rings. The molecule has 1 heterocycles. The molecule has 0 bridgehead atoms. The molecule has 0 aromatic heterocycles. The summed E-state index contributed by atoms with van der Waals surface area (Å²) in [6.07, 6.45) is 4.87. The second kappa shape index (κ2) is 8.66.